The summed E-state index contributed by atoms with van der Waals surface area (Å²) in [5, 5.41) is 16.5. The van der Waals surface area contributed by atoms with Crippen molar-refractivity contribution in [2.24, 2.45) is 9.98 Å². The molecule has 8 bridgehead atoms. The second-order valence-electron chi connectivity index (χ2n) is 7.77. The first-order valence-electron chi connectivity index (χ1n) is 10.6. The largest absolute Gasteiger partial charge is 0.372 e. The number of carbonyl (C=O) groups is 1. The Hall–Kier alpha value is -3.61. The molecule has 0 radical (unpaired) electrons. The number of rotatable bonds is 3. The van der Waals surface area contributed by atoms with Gasteiger partial charge in [-0.1, -0.05) is 12.2 Å². The van der Waals surface area contributed by atoms with Crippen LogP contribution in [0.3, 0.4) is 0 Å². The number of nitrogens with one attached hydrogen (secondary N) is 2. The molecule has 1 saturated heterocycles. The Kier molecular flexibility index (Phi) is 4.26. The van der Waals surface area contributed by atoms with E-state index >= 15 is 0 Å². The van der Waals surface area contributed by atoms with Crippen LogP contribution in [0.1, 0.15) is 14.2 Å². The van der Waals surface area contributed by atoms with E-state index in [0.29, 0.717) is 17.0 Å². The molecular weight excluding hydrogens is 388 g/mol. The molecule has 4 aliphatic rings. The van der Waals surface area contributed by atoms with E-state index in [0.717, 1.165) is 28.4 Å². The number of carbonyl (C=O) groups excluding carboxylic acids is 1. The fraction of sp³-hybridized carbons (Fsp3) is 0.160. The van der Waals surface area contributed by atoms with Crippen LogP contribution < -0.4 is 16.0 Å². The molecule has 0 saturated carbocycles. The zero-order valence-corrected chi connectivity index (χ0v) is 16.7. The van der Waals surface area contributed by atoms with Gasteiger partial charge in [0.25, 0.3) is 0 Å². The van der Waals surface area contributed by atoms with Crippen molar-refractivity contribution in [2.45, 2.75) is 24.1 Å². The van der Waals surface area contributed by atoms with Gasteiger partial charge in [-0.2, -0.15) is 0 Å². The third-order valence-electron chi connectivity index (χ3n) is 5.46. The molecule has 3 atom stereocenters. The highest BCUT2D eigenvalue weighted by Crippen LogP contribution is 2.39. The number of aliphatic imine (C=N–C) groups is 2. The second kappa shape index (κ2) is 7.27. The second-order valence-corrected chi connectivity index (χ2v) is 7.77. The third kappa shape index (κ3) is 3.67. The topological polar surface area (TPSA) is 89.8 Å². The van der Waals surface area contributed by atoms with Crippen LogP contribution in [0.5, 0.6) is 0 Å². The Labute approximate surface area is 180 Å². The zero-order chi connectivity index (χ0) is 22.3. The molecule has 5 rings (SSSR count). The molecule has 1 aromatic heterocycles. The third-order valence-corrected chi connectivity index (χ3v) is 5.46. The molecule has 6 nitrogen and oxygen atoms in total. The molecule has 3 unspecified atom stereocenters. The summed E-state index contributed by atoms with van der Waals surface area (Å²) in [7, 11) is 0. The lowest BCUT2D eigenvalue weighted by molar-refractivity contribution is -0.107. The first-order chi connectivity index (χ1) is 15.4. The lowest BCUT2D eigenvalue weighted by Gasteiger charge is -2.27. The smallest absolute Gasteiger partial charge is 0.142 e. The number of hydrogen-bond donors (Lipinski definition) is 3. The normalized spacial score (nSPS) is 38.0. The molecule has 31 heavy (non-hydrogen) atoms. The van der Waals surface area contributed by atoms with Crippen LogP contribution in [0.25, 0.3) is 12.2 Å². The van der Waals surface area contributed by atoms with E-state index in [-0.39, 0.29) is 6.42 Å². The van der Waals surface area contributed by atoms with Crippen molar-refractivity contribution in [3.05, 3.63) is 95.0 Å². The molecule has 1 aromatic rings. The summed E-state index contributed by atoms with van der Waals surface area (Å²) in [6.07, 6.45) is 17.7. The minimum Gasteiger partial charge on any atom is -0.372 e. The highest BCUT2D eigenvalue weighted by atomic mass is 16.3. The van der Waals surface area contributed by atoms with Gasteiger partial charge in [0.2, 0.25) is 0 Å². The van der Waals surface area contributed by atoms with E-state index in [9.17, 15) is 9.90 Å². The van der Waals surface area contributed by atoms with E-state index < -0.39 is 17.7 Å². The quantitative estimate of drug-likeness (QED) is 0.520. The summed E-state index contributed by atoms with van der Waals surface area (Å²) in [5.41, 5.74) is 0.446. The van der Waals surface area contributed by atoms with Gasteiger partial charge in [0.1, 0.15) is 12.0 Å². The minimum atomic E-state index is -1.73. The predicted octanol–water partition coefficient (Wildman–Crippen LogP) is 1.50. The lowest BCUT2D eigenvalue weighted by Crippen LogP contribution is -2.48. The van der Waals surface area contributed by atoms with Crippen molar-refractivity contribution in [3.8, 4) is 0 Å². The zero-order valence-electron chi connectivity index (χ0n) is 17.7. The molecule has 6 heteroatoms. The van der Waals surface area contributed by atoms with E-state index in [2.05, 4.69) is 26.9 Å². The summed E-state index contributed by atoms with van der Waals surface area (Å²) >= 11 is 0. The maximum Gasteiger partial charge on any atom is 0.142 e. The Balaban J connectivity index is 1.75. The molecule has 1 fully saturated rings. The number of fused-ring (bicyclic) bond motifs is 6. The first kappa shape index (κ1) is 18.2. The molecule has 5 heterocycles. The van der Waals surface area contributed by atoms with Gasteiger partial charge >= 0.3 is 0 Å². The van der Waals surface area contributed by atoms with Gasteiger partial charge in [0, 0.05) is 24.9 Å². The van der Waals surface area contributed by atoms with Gasteiger partial charge < -0.3 is 14.9 Å². The summed E-state index contributed by atoms with van der Waals surface area (Å²) < 4.78 is 8.82. The number of aldehydes is 1. The highest BCUT2D eigenvalue weighted by Gasteiger charge is 2.46. The number of aromatic amines is 1. The fourth-order valence-electron chi connectivity index (χ4n) is 4.11. The monoisotopic (exact) mass is 411 g/mol. The number of aromatic nitrogens is 1. The van der Waals surface area contributed by atoms with Gasteiger partial charge in [-0.05, 0) is 66.3 Å². The molecular formula is C25H22N4O2. The van der Waals surface area contributed by atoms with E-state index in [1.807, 2.05) is 48.6 Å². The van der Waals surface area contributed by atoms with Crippen LogP contribution in [-0.2, 0) is 4.79 Å². The molecule has 0 spiro atoms. The van der Waals surface area contributed by atoms with Gasteiger partial charge in [-0.25, -0.2) is 9.98 Å². The van der Waals surface area contributed by atoms with Gasteiger partial charge in [-0.15, -0.1) is 6.58 Å². The summed E-state index contributed by atoms with van der Waals surface area (Å²) in [5.74, 6) is 0. The summed E-state index contributed by atoms with van der Waals surface area (Å²) in [6, 6.07) is 3.94. The maximum atomic E-state index is 11.5. The molecule has 0 aliphatic carbocycles. The van der Waals surface area contributed by atoms with Crippen LogP contribution in [0, 0.1) is 0 Å². The van der Waals surface area contributed by atoms with Crippen LogP contribution in [-0.4, -0.2) is 39.1 Å². The molecule has 154 valence electrons. The van der Waals surface area contributed by atoms with E-state index in [1.54, 1.807) is 24.3 Å². The van der Waals surface area contributed by atoms with Crippen molar-refractivity contribution in [2.75, 3.05) is 0 Å². The molecule has 3 N–H and O–H groups in total. The number of nitrogens with zero attached hydrogens (tertiary/aromatic N) is 2. The minimum absolute atomic E-state index is 0.127. The summed E-state index contributed by atoms with van der Waals surface area (Å²) in [6.45, 7) is 3.96. The predicted molar refractivity (Wildman–Crippen MR) is 123 cm³/mol. The summed E-state index contributed by atoms with van der Waals surface area (Å²) in [4.78, 5) is 23.6. The van der Waals surface area contributed by atoms with Crippen molar-refractivity contribution in [1.29, 1.82) is 0 Å². The van der Waals surface area contributed by atoms with Crippen molar-refractivity contribution >= 4 is 29.9 Å². The van der Waals surface area contributed by atoms with Crippen LogP contribution in [0.4, 0.5) is 0 Å². The Morgan fingerprint density at radius 3 is 2.35 bits per heavy atom. The standard InChI is InChI=1S/C25H22N4O2/c1-2-24-15-22-9-7-20(27-22)12-18-5-6-19(26-18)13-21-8-10-23(28-21)16-25(31,29-24)14-17(24)4-3-11-30/h2,4-13,15-16,26,29,31H,1,3,14H2/b17-4?,18-12-,19-13-,22-15-,23-16-/i14D. The lowest BCUT2D eigenvalue weighted by atomic mass is 9.89. The first-order valence-corrected chi connectivity index (χ1v) is 10.0. The number of allylic oxidation sites excluding steroid dienone is 5. The van der Waals surface area contributed by atoms with Gasteiger partial charge in [-0.3, -0.25) is 5.32 Å². The van der Waals surface area contributed by atoms with Crippen molar-refractivity contribution < 1.29 is 11.3 Å². The Morgan fingerprint density at radius 1 is 1.10 bits per heavy atom. The molecule has 4 aliphatic heterocycles. The number of hydrogen-bond acceptors (Lipinski definition) is 5. The van der Waals surface area contributed by atoms with Crippen LogP contribution >= 0.6 is 0 Å². The van der Waals surface area contributed by atoms with Gasteiger partial charge in [0.15, 0.2) is 0 Å². The van der Waals surface area contributed by atoms with Crippen molar-refractivity contribution in [3.63, 3.8) is 0 Å². The van der Waals surface area contributed by atoms with Crippen LogP contribution in [0.2, 0.25) is 0 Å². The highest BCUT2D eigenvalue weighted by molar-refractivity contribution is 6.20. The Morgan fingerprint density at radius 2 is 1.74 bits per heavy atom. The number of aliphatic hydroxyl groups is 1. The Bertz CT molecular complexity index is 1350. The average Bonchev–Trinajstić information content (AvgIpc) is 3.53. The van der Waals surface area contributed by atoms with Crippen molar-refractivity contribution in [1.82, 2.24) is 10.3 Å². The van der Waals surface area contributed by atoms with Gasteiger partial charge in [0.05, 0.1) is 28.4 Å². The van der Waals surface area contributed by atoms with Crippen LogP contribution in [0.15, 0.2) is 94.3 Å². The average molecular weight is 411 g/mol. The van der Waals surface area contributed by atoms with E-state index in [1.165, 1.54) is 0 Å². The SMILES string of the molecule is [2H]C1C(=CCC=O)C2(C=C)/C=C3/C=CC(=N3)/C=c3/cc/c([nH]3)=C/C3=NC(=C\C1(O)N2)/C=C3. The molecule has 0 aromatic carbocycles. The van der Waals surface area contributed by atoms with E-state index in [4.69, 9.17) is 1.37 Å². The number of H-pyrrole nitrogens is 1. The maximum absolute atomic E-state index is 11.5. The molecule has 0 amide bonds. The fourth-order valence-corrected chi connectivity index (χ4v) is 4.11.